The van der Waals surface area contributed by atoms with Crippen LogP contribution in [0, 0.1) is 5.82 Å². The maximum absolute atomic E-state index is 12.8. The first-order valence-electron chi connectivity index (χ1n) is 7.15. The lowest BCUT2D eigenvalue weighted by molar-refractivity contribution is -0.117. The average molecular weight is 381 g/mol. The minimum absolute atomic E-state index is 0.151. The van der Waals surface area contributed by atoms with Gasteiger partial charge in [-0.05, 0) is 49.5 Å². The number of benzene rings is 2. The molecule has 0 heterocycles. The Labute approximate surface area is 143 Å². The monoisotopic (exact) mass is 380 g/mol. The molecular formula is C17H18BrFN2O2. The summed E-state index contributed by atoms with van der Waals surface area (Å²) in [6.07, 6.45) is 0. The van der Waals surface area contributed by atoms with Crippen molar-refractivity contribution in [3.8, 4) is 5.75 Å². The SMILES string of the molecule is CN(CCOc1cccc(Br)c1)CC(=O)Nc1ccc(F)cc1. The van der Waals surface area contributed by atoms with Crippen LogP contribution in [0.5, 0.6) is 5.75 Å². The zero-order chi connectivity index (χ0) is 16.7. The van der Waals surface area contributed by atoms with Crippen LogP contribution in [0.25, 0.3) is 0 Å². The van der Waals surface area contributed by atoms with Crippen LogP contribution in [0.2, 0.25) is 0 Å². The zero-order valence-corrected chi connectivity index (χ0v) is 14.3. The van der Waals surface area contributed by atoms with Gasteiger partial charge in [0.25, 0.3) is 0 Å². The maximum atomic E-state index is 12.8. The summed E-state index contributed by atoms with van der Waals surface area (Å²) in [5, 5.41) is 2.72. The molecule has 0 aliphatic rings. The van der Waals surface area contributed by atoms with E-state index in [1.165, 1.54) is 24.3 Å². The van der Waals surface area contributed by atoms with Crippen LogP contribution in [-0.4, -0.2) is 37.6 Å². The molecule has 2 rings (SSSR count). The van der Waals surface area contributed by atoms with Crippen molar-refractivity contribution < 1.29 is 13.9 Å². The molecule has 0 spiro atoms. The van der Waals surface area contributed by atoms with Crippen molar-refractivity contribution in [2.45, 2.75) is 0 Å². The molecule has 0 aliphatic carbocycles. The second-order valence-electron chi connectivity index (χ2n) is 5.10. The highest BCUT2D eigenvalue weighted by Crippen LogP contribution is 2.17. The lowest BCUT2D eigenvalue weighted by atomic mass is 10.3. The Bertz CT molecular complexity index is 649. The second kappa shape index (κ2) is 8.64. The van der Waals surface area contributed by atoms with Crippen molar-refractivity contribution in [3.05, 3.63) is 58.8 Å². The third kappa shape index (κ3) is 6.38. The van der Waals surface area contributed by atoms with Gasteiger partial charge in [0.15, 0.2) is 0 Å². The molecule has 2 aromatic carbocycles. The Morgan fingerprint density at radius 1 is 1.26 bits per heavy atom. The first-order chi connectivity index (χ1) is 11.0. The van der Waals surface area contributed by atoms with E-state index in [-0.39, 0.29) is 18.3 Å². The van der Waals surface area contributed by atoms with Crippen LogP contribution in [0.1, 0.15) is 0 Å². The molecule has 0 saturated carbocycles. The summed E-state index contributed by atoms with van der Waals surface area (Å²) in [6, 6.07) is 13.3. The fourth-order valence-corrected chi connectivity index (χ4v) is 2.31. The third-order valence-electron chi connectivity index (χ3n) is 3.08. The number of likely N-dealkylation sites (N-methyl/N-ethyl adjacent to an activating group) is 1. The molecule has 0 aromatic heterocycles. The highest BCUT2D eigenvalue weighted by molar-refractivity contribution is 9.10. The van der Waals surface area contributed by atoms with Gasteiger partial charge in [0.2, 0.25) is 5.91 Å². The standard InChI is InChI=1S/C17H18BrFN2O2/c1-21(9-10-23-16-4-2-3-13(18)11-16)12-17(22)20-15-7-5-14(19)6-8-15/h2-8,11H,9-10,12H2,1H3,(H,20,22). The number of carbonyl (C=O) groups excluding carboxylic acids is 1. The predicted octanol–water partition coefficient (Wildman–Crippen LogP) is 3.54. The van der Waals surface area contributed by atoms with Crippen LogP contribution >= 0.6 is 15.9 Å². The van der Waals surface area contributed by atoms with Gasteiger partial charge in [0, 0.05) is 16.7 Å². The molecule has 0 aliphatic heterocycles. The number of ether oxygens (including phenoxy) is 1. The Morgan fingerprint density at radius 2 is 2.00 bits per heavy atom. The molecule has 1 N–H and O–H groups in total. The van der Waals surface area contributed by atoms with Crippen LogP contribution in [-0.2, 0) is 4.79 Å². The van der Waals surface area contributed by atoms with E-state index in [2.05, 4.69) is 21.2 Å². The molecule has 0 fully saturated rings. The van der Waals surface area contributed by atoms with E-state index in [4.69, 9.17) is 4.74 Å². The summed E-state index contributed by atoms with van der Waals surface area (Å²) in [5.41, 5.74) is 0.579. The summed E-state index contributed by atoms with van der Waals surface area (Å²) in [4.78, 5) is 13.8. The average Bonchev–Trinajstić information content (AvgIpc) is 2.49. The number of amides is 1. The molecule has 122 valence electrons. The van der Waals surface area contributed by atoms with Gasteiger partial charge >= 0.3 is 0 Å². The second-order valence-corrected chi connectivity index (χ2v) is 6.01. The first-order valence-corrected chi connectivity index (χ1v) is 7.94. The highest BCUT2D eigenvalue weighted by Gasteiger charge is 2.07. The van der Waals surface area contributed by atoms with Crippen molar-refractivity contribution in [3.63, 3.8) is 0 Å². The number of carbonyl (C=O) groups is 1. The summed E-state index contributed by atoms with van der Waals surface area (Å²) in [6.45, 7) is 1.33. The summed E-state index contributed by atoms with van der Waals surface area (Å²) >= 11 is 3.38. The Hall–Kier alpha value is -1.92. The van der Waals surface area contributed by atoms with E-state index < -0.39 is 0 Å². The summed E-state index contributed by atoms with van der Waals surface area (Å²) < 4.78 is 19.4. The molecule has 23 heavy (non-hydrogen) atoms. The largest absolute Gasteiger partial charge is 0.492 e. The molecule has 0 bridgehead atoms. The number of halogens is 2. The smallest absolute Gasteiger partial charge is 0.238 e. The number of rotatable bonds is 7. The Kier molecular flexibility index (Phi) is 6.55. The summed E-state index contributed by atoms with van der Waals surface area (Å²) in [5.74, 6) is 0.301. The number of anilines is 1. The van der Waals surface area contributed by atoms with E-state index in [9.17, 15) is 9.18 Å². The Morgan fingerprint density at radius 3 is 2.70 bits per heavy atom. The normalized spacial score (nSPS) is 10.6. The lowest BCUT2D eigenvalue weighted by Gasteiger charge is -2.16. The van der Waals surface area contributed by atoms with E-state index in [0.717, 1.165) is 10.2 Å². The topological polar surface area (TPSA) is 41.6 Å². The number of hydrogen-bond acceptors (Lipinski definition) is 3. The fourth-order valence-electron chi connectivity index (χ4n) is 1.93. The van der Waals surface area contributed by atoms with Gasteiger partial charge in [-0.2, -0.15) is 0 Å². The van der Waals surface area contributed by atoms with Gasteiger partial charge in [-0.3, -0.25) is 9.69 Å². The molecule has 0 unspecified atom stereocenters. The van der Waals surface area contributed by atoms with Gasteiger partial charge in [0.1, 0.15) is 18.2 Å². The number of nitrogens with one attached hydrogen (secondary N) is 1. The Balaban J connectivity index is 1.70. The lowest BCUT2D eigenvalue weighted by Crippen LogP contribution is -2.33. The van der Waals surface area contributed by atoms with Crippen LogP contribution in [0.3, 0.4) is 0 Å². The first kappa shape index (κ1) is 17.4. The maximum Gasteiger partial charge on any atom is 0.238 e. The molecule has 0 radical (unpaired) electrons. The molecule has 0 atom stereocenters. The highest BCUT2D eigenvalue weighted by atomic mass is 79.9. The van der Waals surface area contributed by atoms with Crippen molar-refractivity contribution in [2.75, 3.05) is 32.1 Å². The van der Waals surface area contributed by atoms with Crippen LogP contribution < -0.4 is 10.1 Å². The van der Waals surface area contributed by atoms with E-state index >= 15 is 0 Å². The predicted molar refractivity (Wildman–Crippen MR) is 92.2 cm³/mol. The van der Waals surface area contributed by atoms with Crippen LogP contribution in [0.4, 0.5) is 10.1 Å². The molecule has 6 heteroatoms. The van der Waals surface area contributed by atoms with Gasteiger partial charge in [0.05, 0.1) is 6.54 Å². The molecule has 2 aromatic rings. The van der Waals surface area contributed by atoms with Gasteiger partial charge in [-0.15, -0.1) is 0 Å². The van der Waals surface area contributed by atoms with E-state index in [0.29, 0.717) is 18.8 Å². The van der Waals surface area contributed by atoms with E-state index in [1.807, 2.05) is 36.2 Å². The van der Waals surface area contributed by atoms with Gasteiger partial charge in [-0.25, -0.2) is 4.39 Å². The zero-order valence-electron chi connectivity index (χ0n) is 12.8. The third-order valence-corrected chi connectivity index (χ3v) is 3.57. The molecule has 0 saturated heterocycles. The van der Waals surface area contributed by atoms with Crippen LogP contribution in [0.15, 0.2) is 53.0 Å². The van der Waals surface area contributed by atoms with Crippen molar-refractivity contribution in [1.29, 1.82) is 0 Å². The van der Waals surface area contributed by atoms with Crippen molar-refractivity contribution in [2.24, 2.45) is 0 Å². The van der Waals surface area contributed by atoms with Crippen molar-refractivity contribution >= 4 is 27.5 Å². The minimum Gasteiger partial charge on any atom is -0.492 e. The quantitative estimate of drug-likeness (QED) is 0.798. The fraction of sp³-hybridized carbons (Fsp3) is 0.235. The number of nitrogens with zero attached hydrogens (tertiary/aromatic N) is 1. The minimum atomic E-state index is -0.329. The van der Waals surface area contributed by atoms with Gasteiger partial charge in [-0.1, -0.05) is 22.0 Å². The summed E-state index contributed by atoms with van der Waals surface area (Å²) in [7, 11) is 1.84. The molecule has 4 nitrogen and oxygen atoms in total. The van der Waals surface area contributed by atoms with Crippen molar-refractivity contribution in [1.82, 2.24) is 4.90 Å². The molecule has 1 amide bonds. The molecular weight excluding hydrogens is 363 g/mol. The van der Waals surface area contributed by atoms with E-state index in [1.54, 1.807) is 0 Å². The van der Waals surface area contributed by atoms with Gasteiger partial charge < -0.3 is 10.1 Å². The number of hydrogen-bond donors (Lipinski definition) is 1.